The molecule has 0 unspecified atom stereocenters. The fourth-order valence-electron chi connectivity index (χ4n) is 5.57. The molecule has 10 nitrogen and oxygen atoms in total. The van der Waals surface area contributed by atoms with Gasteiger partial charge in [-0.05, 0) is 47.1 Å². The SMILES string of the molecule is CC1(C)O[C@@H]([C@H](O)C[C@@H](O)[C@H]2O[C@@H]3OC(C)(C)O[C@@H]3[C@H]2OCc2ccccc2)[C@H]([C@@H]2COC(C)(C)O2)O1. The molecular weight excluding hydrogens is 484 g/mol. The van der Waals surface area contributed by atoms with Crippen LogP contribution in [0.1, 0.15) is 53.5 Å². The lowest BCUT2D eigenvalue weighted by Gasteiger charge is -2.31. The maximum absolute atomic E-state index is 11.3. The molecule has 208 valence electrons. The first kappa shape index (κ1) is 27.4. The van der Waals surface area contributed by atoms with Gasteiger partial charge in [0.05, 0.1) is 25.4 Å². The van der Waals surface area contributed by atoms with Gasteiger partial charge < -0.3 is 48.1 Å². The third-order valence-corrected chi connectivity index (χ3v) is 7.11. The van der Waals surface area contributed by atoms with Gasteiger partial charge in [0.2, 0.25) is 0 Å². The Morgan fingerprint density at radius 3 is 2.14 bits per heavy atom. The zero-order chi connectivity index (χ0) is 26.6. The quantitative estimate of drug-likeness (QED) is 0.525. The van der Waals surface area contributed by atoms with Crippen molar-refractivity contribution in [2.45, 2.75) is 127 Å². The van der Waals surface area contributed by atoms with Gasteiger partial charge >= 0.3 is 0 Å². The summed E-state index contributed by atoms with van der Waals surface area (Å²) in [4.78, 5) is 0. The van der Waals surface area contributed by atoms with Gasteiger partial charge in [-0.2, -0.15) is 0 Å². The maximum atomic E-state index is 11.3. The molecule has 10 heteroatoms. The fraction of sp³-hybridized carbons (Fsp3) is 0.778. The number of benzene rings is 1. The first-order chi connectivity index (χ1) is 17.3. The highest BCUT2D eigenvalue weighted by atomic mass is 16.8. The van der Waals surface area contributed by atoms with Crippen LogP contribution in [0.2, 0.25) is 0 Å². The minimum atomic E-state index is -1.08. The fourth-order valence-corrected chi connectivity index (χ4v) is 5.57. The summed E-state index contributed by atoms with van der Waals surface area (Å²) in [6.07, 6.45) is -6.47. The standard InChI is InChI=1S/C27H40O10/c1-25(2)31-14-18(33-25)21-20(34-26(3,4)35-21)17(29)12-16(28)19-22(30-13-15-10-8-7-9-11-15)23-24(32-19)37-27(5,6)36-23/h7-11,16-24,28-29H,12-14H2,1-6H3/t16-,17-,18+,19-,20+,21+,22+,23-,24-/m1/s1. The first-order valence-electron chi connectivity index (χ1n) is 13.0. The predicted octanol–water partition coefficient (Wildman–Crippen LogP) is 2.23. The molecule has 0 amide bonds. The highest BCUT2D eigenvalue weighted by molar-refractivity contribution is 5.13. The van der Waals surface area contributed by atoms with Crippen LogP contribution in [0.4, 0.5) is 0 Å². The van der Waals surface area contributed by atoms with Crippen molar-refractivity contribution in [3.63, 3.8) is 0 Å². The number of hydrogen-bond donors (Lipinski definition) is 2. The van der Waals surface area contributed by atoms with Crippen LogP contribution in [0.25, 0.3) is 0 Å². The van der Waals surface area contributed by atoms with Crippen molar-refractivity contribution in [1.29, 1.82) is 0 Å². The molecule has 0 aromatic heterocycles. The number of hydrogen-bond acceptors (Lipinski definition) is 10. The average molecular weight is 525 g/mol. The van der Waals surface area contributed by atoms with Crippen molar-refractivity contribution in [3.8, 4) is 0 Å². The first-order valence-corrected chi connectivity index (χ1v) is 13.0. The Balaban J connectivity index is 1.27. The summed E-state index contributed by atoms with van der Waals surface area (Å²) in [6.45, 7) is 11.5. The lowest BCUT2D eigenvalue weighted by Crippen LogP contribution is -2.48. The Kier molecular flexibility index (Phi) is 7.47. The molecule has 0 radical (unpaired) electrons. The monoisotopic (exact) mass is 524 g/mol. The summed E-state index contributed by atoms with van der Waals surface area (Å²) in [5.41, 5.74) is 0.987. The molecule has 37 heavy (non-hydrogen) atoms. The van der Waals surface area contributed by atoms with Crippen molar-refractivity contribution < 1.29 is 48.1 Å². The summed E-state index contributed by atoms with van der Waals surface area (Å²) in [5.74, 6) is -2.50. The summed E-state index contributed by atoms with van der Waals surface area (Å²) in [5, 5.41) is 22.5. The Morgan fingerprint density at radius 1 is 0.811 bits per heavy atom. The van der Waals surface area contributed by atoms with E-state index in [0.717, 1.165) is 5.56 Å². The normalized spacial score (nSPS) is 39.5. The van der Waals surface area contributed by atoms with Gasteiger partial charge in [0.25, 0.3) is 0 Å². The average Bonchev–Trinajstić information content (AvgIpc) is 3.51. The van der Waals surface area contributed by atoms with Crippen LogP contribution in [0.3, 0.4) is 0 Å². The number of fused-ring (bicyclic) bond motifs is 1. The number of ether oxygens (including phenoxy) is 8. The second-order valence-electron chi connectivity index (χ2n) is 11.6. The van der Waals surface area contributed by atoms with E-state index in [9.17, 15) is 10.2 Å². The zero-order valence-electron chi connectivity index (χ0n) is 22.4. The Morgan fingerprint density at radius 2 is 1.46 bits per heavy atom. The molecule has 1 aromatic rings. The molecule has 4 saturated heterocycles. The molecule has 5 rings (SSSR count). The largest absolute Gasteiger partial charge is 0.390 e. The molecular formula is C27H40O10. The van der Waals surface area contributed by atoms with Crippen LogP contribution in [0.5, 0.6) is 0 Å². The van der Waals surface area contributed by atoms with Gasteiger partial charge in [-0.1, -0.05) is 30.3 Å². The van der Waals surface area contributed by atoms with Crippen LogP contribution in [-0.2, 0) is 44.5 Å². The zero-order valence-corrected chi connectivity index (χ0v) is 22.4. The van der Waals surface area contributed by atoms with Gasteiger partial charge in [-0.15, -0.1) is 0 Å². The van der Waals surface area contributed by atoms with Gasteiger partial charge in [-0.25, -0.2) is 0 Å². The summed E-state index contributed by atoms with van der Waals surface area (Å²) < 4.78 is 48.1. The molecule has 0 bridgehead atoms. The summed E-state index contributed by atoms with van der Waals surface area (Å²) in [6, 6.07) is 9.75. The van der Waals surface area contributed by atoms with E-state index in [0.29, 0.717) is 13.2 Å². The van der Waals surface area contributed by atoms with Crippen LogP contribution in [0.15, 0.2) is 30.3 Å². The van der Waals surface area contributed by atoms with E-state index in [-0.39, 0.29) is 6.42 Å². The van der Waals surface area contributed by atoms with E-state index in [1.807, 2.05) is 58.0 Å². The molecule has 4 aliphatic heterocycles. The third kappa shape index (κ3) is 6.04. The van der Waals surface area contributed by atoms with Crippen molar-refractivity contribution in [2.75, 3.05) is 6.61 Å². The lowest BCUT2D eigenvalue weighted by atomic mass is 9.95. The number of rotatable bonds is 8. The summed E-state index contributed by atoms with van der Waals surface area (Å²) >= 11 is 0. The topological polar surface area (TPSA) is 114 Å². The molecule has 4 aliphatic rings. The molecule has 1 aromatic carbocycles. The van der Waals surface area contributed by atoms with Crippen molar-refractivity contribution >= 4 is 0 Å². The Hall–Kier alpha value is -1.18. The van der Waals surface area contributed by atoms with Gasteiger partial charge in [0.1, 0.15) is 36.6 Å². The minimum Gasteiger partial charge on any atom is -0.390 e. The lowest BCUT2D eigenvalue weighted by molar-refractivity contribution is -0.232. The van der Waals surface area contributed by atoms with E-state index in [4.69, 9.17) is 37.9 Å². The van der Waals surface area contributed by atoms with Crippen molar-refractivity contribution in [1.82, 2.24) is 0 Å². The van der Waals surface area contributed by atoms with Crippen molar-refractivity contribution in [3.05, 3.63) is 35.9 Å². The maximum Gasteiger partial charge on any atom is 0.190 e. The number of aliphatic hydroxyl groups is 2. The van der Waals surface area contributed by atoms with Gasteiger partial charge in [0.15, 0.2) is 23.7 Å². The highest BCUT2D eigenvalue weighted by Gasteiger charge is 2.58. The number of aliphatic hydroxyl groups excluding tert-OH is 2. The molecule has 4 heterocycles. The second-order valence-corrected chi connectivity index (χ2v) is 11.6. The smallest absolute Gasteiger partial charge is 0.190 e. The second kappa shape index (κ2) is 10.1. The minimum absolute atomic E-state index is 0.0315. The predicted molar refractivity (Wildman–Crippen MR) is 129 cm³/mol. The van der Waals surface area contributed by atoms with Crippen LogP contribution >= 0.6 is 0 Å². The van der Waals surface area contributed by atoms with E-state index in [2.05, 4.69) is 0 Å². The van der Waals surface area contributed by atoms with E-state index in [1.165, 1.54) is 0 Å². The molecule has 0 aliphatic carbocycles. The summed E-state index contributed by atoms with van der Waals surface area (Å²) in [7, 11) is 0. The van der Waals surface area contributed by atoms with Gasteiger partial charge in [0, 0.05) is 6.42 Å². The molecule has 9 atom stereocenters. The van der Waals surface area contributed by atoms with Crippen LogP contribution < -0.4 is 0 Å². The highest BCUT2D eigenvalue weighted by Crippen LogP contribution is 2.42. The molecule has 0 spiro atoms. The van der Waals surface area contributed by atoms with E-state index < -0.39 is 72.5 Å². The Bertz CT molecular complexity index is 921. The van der Waals surface area contributed by atoms with Crippen LogP contribution in [0, 0.1) is 0 Å². The molecule has 2 N–H and O–H groups in total. The van der Waals surface area contributed by atoms with E-state index in [1.54, 1.807) is 13.8 Å². The Labute approximate surface area is 218 Å². The third-order valence-electron chi connectivity index (χ3n) is 7.11. The van der Waals surface area contributed by atoms with Crippen molar-refractivity contribution in [2.24, 2.45) is 0 Å². The van der Waals surface area contributed by atoms with Gasteiger partial charge in [-0.3, -0.25) is 0 Å². The molecule has 0 saturated carbocycles. The van der Waals surface area contributed by atoms with E-state index >= 15 is 0 Å². The molecule has 4 fully saturated rings. The van der Waals surface area contributed by atoms with Crippen LogP contribution in [-0.4, -0.2) is 89.3 Å².